The van der Waals surface area contributed by atoms with Crippen LogP contribution in [0.2, 0.25) is 0 Å². The van der Waals surface area contributed by atoms with E-state index in [1.54, 1.807) is 16.2 Å². The van der Waals surface area contributed by atoms with Crippen LogP contribution in [0.25, 0.3) is 10.4 Å². The average molecular weight is 539 g/mol. The molecule has 3 aromatic rings. The van der Waals surface area contributed by atoms with Crippen molar-refractivity contribution in [3.8, 4) is 10.4 Å². The Bertz CT molecular complexity index is 1240. The van der Waals surface area contributed by atoms with E-state index in [0.717, 1.165) is 46.7 Å². The number of nitrogens with zero attached hydrogens (tertiary/aromatic N) is 3. The van der Waals surface area contributed by atoms with Gasteiger partial charge in [-0.3, -0.25) is 10.1 Å². The minimum absolute atomic E-state index is 0.0991. The van der Waals surface area contributed by atoms with Crippen LogP contribution in [0, 0.1) is 12.8 Å². The van der Waals surface area contributed by atoms with E-state index < -0.39 is 24.3 Å². The molecule has 3 heterocycles. The van der Waals surface area contributed by atoms with Crippen LogP contribution in [0.15, 0.2) is 40.4 Å². The van der Waals surface area contributed by atoms with Gasteiger partial charge in [-0.05, 0) is 43.2 Å². The first kappa shape index (κ1) is 27.0. The smallest absolute Gasteiger partial charge is 0.234 e. The predicted octanol–water partition coefficient (Wildman–Crippen LogP) is 4.36. The summed E-state index contributed by atoms with van der Waals surface area (Å²) < 4.78 is 5.72. The molecule has 0 spiro atoms. The lowest BCUT2D eigenvalue weighted by Gasteiger charge is -2.36. The quantitative estimate of drug-likeness (QED) is 0.366. The number of likely N-dealkylation sites (tertiary alicyclic amines) is 1. The molecule has 1 aliphatic carbocycles. The summed E-state index contributed by atoms with van der Waals surface area (Å²) in [5, 5.41) is 29.0. The first-order chi connectivity index (χ1) is 18.1. The van der Waals surface area contributed by atoms with Crippen molar-refractivity contribution in [2.45, 2.75) is 89.6 Å². The first-order valence-corrected chi connectivity index (χ1v) is 14.4. The van der Waals surface area contributed by atoms with Crippen LogP contribution in [-0.4, -0.2) is 56.1 Å². The SMILES string of the molecule is Cc1ncsc1-c1ccc(CNC(O)C2CC(O)CN2C(=O)C(c2cc(C(C)(C)C)no2)C2CCC2)cc1. The molecule has 1 aromatic carbocycles. The van der Waals surface area contributed by atoms with Gasteiger partial charge in [0.05, 0.1) is 33.9 Å². The molecule has 1 saturated carbocycles. The Labute approximate surface area is 228 Å². The minimum Gasteiger partial charge on any atom is -0.391 e. The van der Waals surface area contributed by atoms with Gasteiger partial charge in [-0.15, -0.1) is 11.3 Å². The lowest BCUT2D eigenvalue weighted by atomic mass is 9.74. The van der Waals surface area contributed by atoms with Crippen LogP contribution in [0.3, 0.4) is 0 Å². The summed E-state index contributed by atoms with van der Waals surface area (Å²) in [7, 11) is 0. The molecule has 2 aliphatic rings. The van der Waals surface area contributed by atoms with Crippen molar-refractivity contribution < 1.29 is 19.5 Å². The van der Waals surface area contributed by atoms with Crippen LogP contribution in [-0.2, 0) is 16.8 Å². The fourth-order valence-electron chi connectivity index (χ4n) is 5.40. The van der Waals surface area contributed by atoms with E-state index in [0.29, 0.717) is 18.7 Å². The fraction of sp³-hybridized carbons (Fsp3) is 0.552. The van der Waals surface area contributed by atoms with Gasteiger partial charge in [0.2, 0.25) is 5.91 Å². The summed E-state index contributed by atoms with van der Waals surface area (Å²) in [6.45, 7) is 8.85. The number of rotatable bonds is 8. The predicted molar refractivity (Wildman–Crippen MR) is 147 cm³/mol. The third kappa shape index (κ3) is 5.57. The van der Waals surface area contributed by atoms with E-state index in [4.69, 9.17) is 4.52 Å². The molecule has 1 saturated heterocycles. The van der Waals surface area contributed by atoms with Crippen molar-refractivity contribution in [3.63, 3.8) is 0 Å². The highest BCUT2D eigenvalue weighted by Crippen LogP contribution is 2.42. The molecule has 0 bridgehead atoms. The Kier molecular flexibility index (Phi) is 7.73. The molecular weight excluding hydrogens is 500 g/mol. The number of benzene rings is 1. The Hall–Kier alpha value is -2.59. The van der Waals surface area contributed by atoms with Crippen LogP contribution < -0.4 is 5.32 Å². The zero-order valence-corrected chi connectivity index (χ0v) is 23.4. The van der Waals surface area contributed by atoms with E-state index in [2.05, 4.69) is 48.4 Å². The summed E-state index contributed by atoms with van der Waals surface area (Å²) in [6, 6.07) is 9.57. The number of β-amino-alcohol motifs (C(OH)–C–C–N with tert-alkyl or cyclic N) is 1. The van der Waals surface area contributed by atoms with Crippen LogP contribution in [0.4, 0.5) is 0 Å². The number of aromatic nitrogens is 2. The fourth-order valence-corrected chi connectivity index (χ4v) is 6.22. The molecule has 38 heavy (non-hydrogen) atoms. The Balaban J connectivity index is 1.28. The second-order valence-corrected chi connectivity index (χ2v) is 12.6. The summed E-state index contributed by atoms with van der Waals surface area (Å²) in [6.07, 6.45) is 1.68. The number of carbonyl (C=O) groups is 1. The highest BCUT2D eigenvalue weighted by molar-refractivity contribution is 7.13. The van der Waals surface area contributed by atoms with Gasteiger partial charge >= 0.3 is 0 Å². The van der Waals surface area contributed by atoms with Crippen LogP contribution in [0.5, 0.6) is 0 Å². The number of nitrogens with one attached hydrogen (secondary N) is 1. The topological polar surface area (TPSA) is 112 Å². The van der Waals surface area contributed by atoms with Crippen molar-refractivity contribution in [3.05, 3.63) is 58.6 Å². The standard InChI is InChI=1S/C29H38N4O4S/c1-17-26(38-16-31-17)20-10-8-18(9-11-20)14-30-27(35)22-12-21(34)15-33(22)28(36)25(19-6-5-7-19)23-13-24(32-37-23)29(2,3)4/h8-11,13,16,19,21-22,25,27,30,34-35H,5-7,12,14-15H2,1-4H3. The minimum atomic E-state index is -0.971. The second kappa shape index (κ2) is 10.9. The van der Waals surface area contributed by atoms with Crippen molar-refractivity contribution in [1.82, 2.24) is 20.4 Å². The van der Waals surface area contributed by atoms with Gasteiger partial charge in [-0.25, -0.2) is 4.98 Å². The lowest BCUT2D eigenvalue weighted by Crippen LogP contribution is -2.51. The number of carbonyl (C=O) groups excluding carboxylic acids is 1. The molecular formula is C29H38N4O4S. The summed E-state index contributed by atoms with van der Waals surface area (Å²) in [5.74, 6) is 0.226. The largest absolute Gasteiger partial charge is 0.391 e. The molecule has 9 heteroatoms. The zero-order chi connectivity index (χ0) is 27.0. The number of aliphatic hydroxyl groups is 2. The van der Waals surface area contributed by atoms with Crippen LogP contribution in [0.1, 0.15) is 75.1 Å². The number of hydrogen-bond acceptors (Lipinski definition) is 8. The third-order valence-electron chi connectivity index (χ3n) is 7.94. The Morgan fingerprint density at radius 2 is 2.00 bits per heavy atom. The number of aliphatic hydroxyl groups excluding tert-OH is 2. The molecule has 5 rings (SSSR count). The molecule has 1 aliphatic heterocycles. The highest BCUT2D eigenvalue weighted by Gasteiger charge is 2.45. The molecule has 8 nitrogen and oxygen atoms in total. The van der Waals surface area contributed by atoms with Gasteiger partial charge in [0.1, 0.15) is 17.9 Å². The monoisotopic (exact) mass is 538 g/mol. The van der Waals surface area contributed by atoms with Gasteiger partial charge in [0.15, 0.2) is 0 Å². The molecule has 4 unspecified atom stereocenters. The molecule has 0 radical (unpaired) electrons. The average Bonchev–Trinajstić information content (AvgIpc) is 3.59. The van der Waals surface area contributed by atoms with Gasteiger partial charge < -0.3 is 19.6 Å². The molecule has 2 aromatic heterocycles. The number of hydrogen-bond donors (Lipinski definition) is 3. The summed E-state index contributed by atoms with van der Waals surface area (Å²) in [4.78, 5) is 21.1. The Morgan fingerprint density at radius 1 is 1.26 bits per heavy atom. The Morgan fingerprint density at radius 3 is 2.58 bits per heavy atom. The molecule has 1 amide bonds. The maximum atomic E-state index is 13.9. The lowest BCUT2D eigenvalue weighted by molar-refractivity contribution is -0.139. The maximum absolute atomic E-state index is 13.9. The van der Waals surface area contributed by atoms with Crippen molar-refractivity contribution in [2.24, 2.45) is 5.92 Å². The van der Waals surface area contributed by atoms with Crippen LogP contribution >= 0.6 is 11.3 Å². The van der Waals surface area contributed by atoms with Crippen molar-refractivity contribution in [1.29, 1.82) is 0 Å². The molecule has 2 fully saturated rings. The van der Waals surface area contributed by atoms with E-state index in [9.17, 15) is 15.0 Å². The number of amides is 1. The van der Waals surface area contributed by atoms with Crippen molar-refractivity contribution >= 4 is 17.2 Å². The summed E-state index contributed by atoms with van der Waals surface area (Å²) in [5.41, 5.74) is 5.64. The van der Waals surface area contributed by atoms with Gasteiger partial charge in [-0.1, -0.05) is 56.6 Å². The van der Waals surface area contributed by atoms with E-state index in [1.807, 2.05) is 30.6 Å². The second-order valence-electron chi connectivity index (χ2n) is 11.8. The van der Waals surface area contributed by atoms with E-state index in [-0.39, 0.29) is 23.8 Å². The highest BCUT2D eigenvalue weighted by atomic mass is 32.1. The number of thiazole rings is 1. The maximum Gasteiger partial charge on any atom is 0.234 e. The van der Waals surface area contributed by atoms with Gasteiger partial charge in [0.25, 0.3) is 0 Å². The molecule has 204 valence electrons. The normalized spacial score (nSPS) is 21.9. The third-order valence-corrected chi connectivity index (χ3v) is 8.91. The molecule has 3 N–H and O–H groups in total. The first-order valence-electron chi connectivity index (χ1n) is 13.5. The van der Waals surface area contributed by atoms with Gasteiger partial charge in [-0.2, -0.15) is 0 Å². The van der Waals surface area contributed by atoms with Gasteiger partial charge in [0, 0.05) is 24.6 Å². The summed E-state index contributed by atoms with van der Waals surface area (Å²) >= 11 is 1.62. The van der Waals surface area contributed by atoms with E-state index in [1.165, 1.54) is 0 Å². The number of aryl methyl sites for hydroxylation is 1. The van der Waals surface area contributed by atoms with E-state index >= 15 is 0 Å². The molecule has 4 atom stereocenters. The van der Waals surface area contributed by atoms with Crippen molar-refractivity contribution in [2.75, 3.05) is 6.54 Å². The zero-order valence-electron chi connectivity index (χ0n) is 22.6.